The van der Waals surface area contributed by atoms with E-state index in [-0.39, 0.29) is 5.69 Å². The Morgan fingerprint density at radius 3 is 2.30 bits per heavy atom. The third-order valence-electron chi connectivity index (χ3n) is 2.50. The third-order valence-corrected chi connectivity index (χ3v) is 2.50. The number of carbonyl (C=O) groups excluding carboxylic acids is 2. The topological polar surface area (TPSA) is 55.4 Å². The molecule has 0 fully saturated rings. The molecule has 0 aliphatic rings. The number of halogens is 1. The minimum absolute atomic E-state index is 0.113. The largest absolute Gasteiger partial charge is 0.427 e. The van der Waals surface area contributed by atoms with E-state index in [1.54, 1.807) is 12.1 Å². The summed E-state index contributed by atoms with van der Waals surface area (Å²) in [5, 5.41) is 2.47. The number of amides is 1. The average molecular weight is 273 g/mol. The van der Waals surface area contributed by atoms with E-state index in [0.29, 0.717) is 11.3 Å². The quantitative estimate of drug-likeness (QED) is 0.691. The predicted octanol–water partition coefficient (Wildman–Crippen LogP) is 3.00. The van der Waals surface area contributed by atoms with Crippen molar-refractivity contribution < 1.29 is 18.7 Å². The van der Waals surface area contributed by atoms with Crippen LogP contribution in [0.1, 0.15) is 17.3 Å². The molecule has 102 valence electrons. The number of nitrogens with one attached hydrogen (secondary N) is 1. The molecule has 0 aliphatic heterocycles. The first-order chi connectivity index (χ1) is 9.56. The number of ether oxygens (including phenoxy) is 1. The third kappa shape index (κ3) is 3.41. The van der Waals surface area contributed by atoms with Crippen molar-refractivity contribution in [2.24, 2.45) is 0 Å². The maximum Gasteiger partial charge on any atom is 0.308 e. The zero-order valence-corrected chi connectivity index (χ0v) is 10.7. The second kappa shape index (κ2) is 5.97. The van der Waals surface area contributed by atoms with Crippen LogP contribution >= 0.6 is 0 Å². The van der Waals surface area contributed by atoms with E-state index in [2.05, 4.69) is 5.32 Å². The van der Waals surface area contributed by atoms with E-state index < -0.39 is 17.7 Å². The molecule has 0 bridgehead atoms. The second-order valence-corrected chi connectivity index (χ2v) is 4.05. The fraction of sp³-hybridized carbons (Fsp3) is 0.0667. The van der Waals surface area contributed by atoms with Gasteiger partial charge in [0.05, 0.1) is 5.69 Å². The summed E-state index contributed by atoms with van der Waals surface area (Å²) in [7, 11) is 0. The Balaban J connectivity index is 2.10. The Bertz CT molecular complexity index is 638. The lowest BCUT2D eigenvalue weighted by atomic mass is 10.2. The molecule has 0 saturated carbocycles. The van der Waals surface area contributed by atoms with Crippen molar-refractivity contribution in [1.82, 2.24) is 0 Å². The van der Waals surface area contributed by atoms with Crippen LogP contribution in [0.5, 0.6) is 5.75 Å². The van der Waals surface area contributed by atoms with E-state index in [0.717, 1.165) is 0 Å². The van der Waals surface area contributed by atoms with Crippen LogP contribution in [-0.4, -0.2) is 11.9 Å². The molecular weight excluding hydrogens is 261 g/mol. The maximum absolute atomic E-state index is 13.4. The highest BCUT2D eigenvalue weighted by Gasteiger charge is 2.09. The number of rotatable bonds is 3. The summed E-state index contributed by atoms with van der Waals surface area (Å²) >= 11 is 0. The predicted molar refractivity (Wildman–Crippen MR) is 72.1 cm³/mol. The fourth-order valence-corrected chi connectivity index (χ4v) is 1.60. The first-order valence-electron chi connectivity index (χ1n) is 5.90. The van der Waals surface area contributed by atoms with Gasteiger partial charge < -0.3 is 10.1 Å². The molecule has 4 nitrogen and oxygen atoms in total. The number of esters is 1. The molecule has 0 spiro atoms. The molecule has 2 rings (SSSR count). The molecule has 0 radical (unpaired) electrons. The molecule has 5 heteroatoms. The van der Waals surface area contributed by atoms with Gasteiger partial charge in [-0.3, -0.25) is 9.59 Å². The minimum Gasteiger partial charge on any atom is -0.427 e. The van der Waals surface area contributed by atoms with E-state index in [1.807, 2.05) is 0 Å². The Kier molecular flexibility index (Phi) is 4.10. The fourth-order valence-electron chi connectivity index (χ4n) is 1.60. The minimum atomic E-state index is -0.502. The van der Waals surface area contributed by atoms with Crippen molar-refractivity contribution >= 4 is 17.6 Å². The van der Waals surface area contributed by atoms with Crippen LogP contribution in [0.2, 0.25) is 0 Å². The number of anilines is 1. The van der Waals surface area contributed by atoms with Crippen LogP contribution in [0.15, 0.2) is 48.5 Å². The Hall–Kier alpha value is -2.69. The Labute approximate surface area is 115 Å². The van der Waals surface area contributed by atoms with Crippen LogP contribution < -0.4 is 10.1 Å². The van der Waals surface area contributed by atoms with Gasteiger partial charge in [0, 0.05) is 12.5 Å². The van der Waals surface area contributed by atoms with Crippen molar-refractivity contribution in [2.75, 3.05) is 5.32 Å². The second-order valence-electron chi connectivity index (χ2n) is 4.05. The highest BCUT2D eigenvalue weighted by atomic mass is 19.1. The number of para-hydroxylation sites is 1. The van der Waals surface area contributed by atoms with E-state index in [9.17, 15) is 14.0 Å². The lowest BCUT2D eigenvalue weighted by Crippen LogP contribution is -2.13. The molecule has 1 amide bonds. The zero-order chi connectivity index (χ0) is 14.5. The summed E-state index contributed by atoms with van der Waals surface area (Å²) in [5.74, 6) is -1.03. The average Bonchev–Trinajstić information content (AvgIpc) is 2.41. The van der Waals surface area contributed by atoms with Gasteiger partial charge in [-0.2, -0.15) is 0 Å². The van der Waals surface area contributed by atoms with Crippen molar-refractivity contribution in [3.05, 3.63) is 59.9 Å². The molecule has 20 heavy (non-hydrogen) atoms. The number of benzene rings is 2. The SMILES string of the molecule is CC(=O)Oc1ccc(C(=O)Nc2ccccc2F)cc1. The smallest absolute Gasteiger partial charge is 0.308 e. The van der Waals surface area contributed by atoms with Gasteiger partial charge in [-0.25, -0.2) is 4.39 Å². The van der Waals surface area contributed by atoms with Gasteiger partial charge in [-0.1, -0.05) is 12.1 Å². The lowest BCUT2D eigenvalue weighted by Gasteiger charge is -2.07. The normalized spacial score (nSPS) is 9.90. The van der Waals surface area contributed by atoms with E-state index in [4.69, 9.17) is 4.74 Å². The van der Waals surface area contributed by atoms with Gasteiger partial charge in [-0.05, 0) is 36.4 Å². The van der Waals surface area contributed by atoms with Crippen molar-refractivity contribution in [3.8, 4) is 5.75 Å². The molecule has 0 saturated heterocycles. The summed E-state index contributed by atoms with van der Waals surface area (Å²) in [4.78, 5) is 22.7. The van der Waals surface area contributed by atoms with Crippen molar-refractivity contribution in [1.29, 1.82) is 0 Å². The van der Waals surface area contributed by atoms with Crippen molar-refractivity contribution in [3.63, 3.8) is 0 Å². The summed E-state index contributed by atoms with van der Waals surface area (Å²) < 4.78 is 18.3. The summed E-state index contributed by atoms with van der Waals surface area (Å²) in [5.41, 5.74) is 0.450. The Morgan fingerprint density at radius 1 is 1.05 bits per heavy atom. The first-order valence-corrected chi connectivity index (χ1v) is 5.90. The zero-order valence-electron chi connectivity index (χ0n) is 10.7. The highest BCUT2D eigenvalue weighted by Crippen LogP contribution is 2.16. The number of hydrogen-bond donors (Lipinski definition) is 1. The van der Waals surface area contributed by atoms with E-state index >= 15 is 0 Å². The van der Waals surface area contributed by atoms with Gasteiger partial charge in [0.1, 0.15) is 11.6 Å². The summed E-state index contributed by atoms with van der Waals surface area (Å²) in [6, 6.07) is 11.9. The molecule has 0 aliphatic carbocycles. The monoisotopic (exact) mass is 273 g/mol. The van der Waals surface area contributed by atoms with Gasteiger partial charge in [0.15, 0.2) is 0 Å². The molecule has 2 aromatic rings. The molecule has 0 heterocycles. The van der Waals surface area contributed by atoms with Crippen molar-refractivity contribution in [2.45, 2.75) is 6.92 Å². The lowest BCUT2D eigenvalue weighted by molar-refractivity contribution is -0.131. The Morgan fingerprint density at radius 2 is 1.70 bits per heavy atom. The van der Waals surface area contributed by atoms with Crippen LogP contribution in [0.3, 0.4) is 0 Å². The summed E-state index contributed by atoms with van der Waals surface area (Å²) in [6.45, 7) is 1.29. The van der Waals surface area contributed by atoms with Gasteiger partial charge >= 0.3 is 5.97 Å². The maximum atomic E-state index is 13.4. The first kappa shape index (κ1) is 13.7. The summed E-state index contributed by atoms with van der Waals surface area (Å²) in [6.07, 6.45) is 0. The van der Waals surface area contributed by atoms with Gasteiger partial charge in [0.25, 0.3) is 5.91 Å². The molecule has 0 atom stereocenters. The van der Waals surface area contributed by atoms with Crippen LogP contribution in [-0.2, 0) is 4.79 Å². The standard InChI is InChI=1S/C15H12FNO3/c1-10(18)20-12-8-6-11(7-9-12)15(19)17-14-5-3-2-4-13(14)16/h2-9H,1H3,(H,17,19). The number of hydrogen-bond acceptors (Lipinski definition) is 3. The molecular formula is C15H12FNO3. The van der Waals surface area contributed by atoms with E-state index in [1.165, 1.54) is 43.3 Å². The van der Waals surface area contributed by atoms with Crippen LogP contribution in [0.25, 0.3) is 0 Å². The molecule has 1 N–H and O–H groups in total. The molecule has 2 aromatic carbocycles. The molecule has 0 unspecified atom stereocenters. The van der Waals surface area contributed by atoms with Gasteiger partial charge in [0.2, 0.25) is 0 Å². The number of carbonyl (C=O) groups is 2. The molecule has 0 aromatic heterocycles. The highest BCUT2D eigenvalue weighted by molar-refractivity contribution is 6.04. The van der Waals surface area contributed by atoms with Gasteiger partial charge in [-0.15, -0.1) is 0 Å². The van der Waals surface area contributed by atoms with Crippen LogP contribution in [0, 0.1) is 5.82 Å². The van der Waals surface area contributed by atoms with Crippen LogP contribution in [0.4, 0.5) is 10.1 Å².